The Balaban J connectivity index is 0.000000166. The van der Waals surface area contributed by atoms with Gasteiger partial charge in [0.2, 0.25) is 5.89 Å². The first-order valence-corrected chi connectivity index (χ1v) is 17.4. The Morgan fingerprint density at radius 2 is 1.77 bits per heavy atom. The van der Waals surface area contributed by atoms with Crippen LogP contribution in [0.2, 0.25) is 0 Å². The van der Waals surface area contributed by atoms with E-state index in [1.165, 1.54) is 47.2 Å². The fraction of sp³-hybridized carbons (Fsp3) is 0.359. The summed E-state index contributed by atoms with van der Waals surface area (Å²) in [6.45, 7) is 7.97. The Labute approximate surface area is 299 Å². The average molecular weight is 711 g/mol. The number of nitrogens with one attached hydrogen (secondary N) is 1. The number of benzene rings is 3. The number of aryl methyl sites for hydroxylation is 1. The van der Waals surface area contributed by atoms with E-state index in [0.717, 1.165) is 36.8 Å². The minimum absolute atomic E-state index is 0.0123. The van der Waals surface area contributed by atoms with Crippen LogP contribution in [0.1, 0.15) is 72.0 Å². The van der Waals surface area contributed by atoms with E-state index in [2.05, 4.69) is 75.8 Å². The smallest absolute Gasteiger partial charge is 0.309 e. The molecule has 2 fully saturated rings. The van der Waals surface area contributed by atoms with E-state index in [9.17, 15) is 23.5 Å². The Kier molecular flexibility index (Phi) is 9.38. The second-order valence-corrected chi connectivity index (χ2v) is 14.4. The highest BCUT2D eigenvalue weighted by molar-refractivity contribution is 5.93. The zero-order valence-electron chi connectivity index (χ0n) is 29.2. The third-order valence-corrected chi connectivity index (χ3v) is 10.3. The molecule has 2 aliphatic carbocycles. The molecule has 2 atom stereocenters. The van der Waals surface area contributed by atoms with Crippen LogP contribution in [0.3, 0.4) is 0 Å². The van der Waals surface area contributed by atoms with E-state index in [1.807, 2.05) is 0 Å². The second-order valence-electron chi connectivity index (χ2n) is 14.4. The quantitative estimate of drug-likeness (QED) is 0.151. The van der Waals surface area contributed by atoms with E-state index < -0.39 is 40.9 Å². The summed E-state index contributed by atoms with van der Waals surface area (Å²) in [4.78, 5) is 30.8. The van der Waals surface area contributed by atoms with Crippen LogP contribution in [0.25, 0.3) is 22.5 Å². The van der Waals surface area contributed by atoms with Gasteiger partial charge in [-0.15, -0.1) is 0 Å². The molecule has 0 unspecified atom stereocenters. The van der Waals surface area contributed by atoms with Gasteiger partial charge in [-0.1, -0.05) is 46.7 Å². The topological polar surface area (TPSA) is 161 Å². The Morgan fingerprint density at radius 3 is 2.48 bits per heavy atom. The number of aliphatic carboxylic acids is 1. The van der Waals surface area contributed by atoms with E-state index in [1.54, 1.807) is 6.92 Å². The van der Waals surface area contributed by atoms with Gasteiger partial charge >= 0.3 is 5.97 Å². The van der Waals surface area contributed by atoms with Crippen LogP contribution in [-0.4, -0.2) is 62.9 Å². The number of carbonyl (C=O) groups is 2. The monoisotopic (exact) mass is 710 g/mol. The van der Waals surface area contributed by atoms with Crippen LogP contribution < -0.4 is 11.1 Å². The lowest BCUT2D eigenvalue weighted by Gasteiger charge is -2.36. The summed E-state index contributed by atoms with van der Waals surface area (Å²) in [5, 5.41) is 20.0. The van der Waals surface area contributed by atoms with Gasteiger partial charge in [-0.3, -0.25) is 9.59 Å². The number of fused-ring (bicyclic) bond motifs is 3. The summed E-state index contributed by atoms with van der Waals surface area (Å²) in [6.07, 6.45) is 3.79. The number of nitrogens with two attached hydrogens (primary N) is 1. The number of hydrogen-bond acceptors (Lipinski definition) is 9. The van der Waals surface area contributed by atoms with E-state index in [-0.39, 0.29) is 17.0 Å². The first kappa shape index (κ1) is 35.0. The SMILES string of the molecule is Cc1nc(C(C)(C)c2ccc3c(c2N)Cc2ccccc2-3)no1.O=C(N[C@H]1CCN(CC2CC2)C[C@@H]1C(=O)O)c1cc(-c2ccc(F)cc2F)on1. The molecule has 8 rings (SSSR count). The molecule has 0 spiro atoms. The largest absolute Gasteiger partial charge is 0.481 e. The number of hydrogen-bond donors (Lipinski definition) is 3. The molecule has 270 valence electrons. The highest BCUT2D eigenvalue weighted by Crippen LogP contribution is 2.44. The van der Waals surface area contributed by atoms with Gasteiger partial charge in [0.15, 0.2) is 17.3 Å². The van der Waals surface area contributed by atoms with Crippen LogP contribution >= 0.6 is 0 Å². The number of aromatic nitrogens is 3. The molecular formula is C39H40F2N6O5. The van der Waals surface area contributed by atoms with Crippen molar-refractivity contribution in [3.63, 3.8) is 0 Å². The minimum atomic E-state index is -0.954. The molecule has 3 heterocycles. The number of likely N-dealkylation sites (tertiary alicyclic amines) is 1. The molecule has 3 aliphatic rings. The van der Waals surface area contributed by atoms with Crippen LogP contribution in [0, 0.1) is 30.4 Å². The number of halogens is 2. The molecule has 1 saturated carbocycles. The van der Waals surface area contributed by atoms with Crippen LogP contribution in [0.4, 0.5) is 14.5 Å². The second kappa shape index (κ2) is 13.9. The maximum atomic E-state index is 13.9. The molecule has 11 nitrogen and oxygen atoms in total. The standard InChI is InChI=1S/C20H21F2N3O4.C19H19N3O/c21-12-3-4-13(15(22)7-12)18-8-17(24-29-18)19(26)23-16-5-6-25(9-11-1-2-11)10-14(16)20(27)28;1-11-21-18(22-23-11)19(2,3)16-9-8-14-13-7-5-4-6-12(13)10-15(14)17(16)20/h3-4,7-8,11,14,16H,1-2,5-6,9-10H2,(H,23,26)(H,27,28);4-9H,10,20H2,1-3H3/t14-,16-;/m0./s1. The van der Waals surface area contributed by atoms with Crippen molar-refractivity contribution in [3.05, 3.63) is 106 Å². The predicted octanol–water partition coefficient (Wildman–Crippen LogP) is 6.39. The van der Waals surface area contributed by atoms with Crippen molar-refractivity contribution in [2.45, 2.75) is 57.9 Å². The Morgan fingerprint density at radius 1 is 1.00 bits per heavy atom. The molecule has 13 heteroatoms. The molecule has 1 aliphatic heterocycles. The summed E-state index contributed by atoms with van der Waals surface area (Å²) in [5.41, 5.74) is 13.0. The van der Waals surface area contributed by atoms with Gasteiger partial charge in [0.05, 0.1) is 16.9 Å². The number of carboxylic acid groups (broad SMARTS) is 1. The zero-order valence-corrected chi connectivity index (χ0v) is 29.2. The minimum Gasteiger partial charge on any atom is -0.481 e. The number of carboxylic acids is 1. The molecular weight excluding hydrogens is 670 g/mol. The van der Waals surface area contributed by atoms with Crippen molar-refractivity contribution >= 4 is 17.6 Å². The fourth-order valence-corrected chi connectivity index (χ4v) is 7.17. The molecule has 52 heavy (non-hydrogen) atoms. The Bertz CT molecular complexity index is 2140. The number of nitrogens with zero attached hydrogens (tertiary/aromatic N) is 4. The summed E-state index contributed by atoms with van der Waals surface area (Å²) in [5.74, 6) is -1.93. The van der Waals surface area contributed by atoms with Crippen LogP contribution in [0.5, 0.6) is 0 Å². The average Bonchev–Trinajstić information content (AvgIpc) is 3.44. The summed E-state index contributed by atoms with van der Waals surface area (Å²) in [6, 6.07) is 16.5. The third-order valence-electron chi connectivity index (χ3n) is 10.3. The number of piperidine rings is 1. The lowest BCUT2D eigenvalue weighted by atomic mass is 9.81. The molecule has 4 N–H and O–H groups in total. The highest BCUT2D eigenvalue weighted by Gasteiger charge is 2.38. The van der Waals surface area contributed by atoms with Crippen LogP contribution in [-0.2, 0) is 16.6 Å². The molecule has 5 aromatic rings. The lowest BCUT2D eigenvalue weighted by Crippen LogP contribution is -2.53. The number of carbonyl (C=O) groups excluding carboxylic acids is 1. The van der Waals surface area contributed by atoms with Gasteiger partial charge in [0, 0.05) is 56.8 Å². The molecule has 1 saturated heterocycles. The van der Waals surface area contributed by atoms with Gasteiger partial charge in [-0.2, -0.15) is 4.98 Å². The van der Waals surface area contributed by atoms with Gasteiger partial charge in [-0.05, 0) is 79.0 Å². The molecule has 0 radical (unpaired) electrons. The molecule has 3 aromatic carbocycles. The maximum Gasteiger partial charge on any atom is 0.309 e. The summed E-state index contributed by atoms with van der Waals surface area (Å²) < 4.78 is 37.1. The van der Waals surface area contributed by atoms with Crippen molar-refractivity contribution in [2.75, 3.05) is 25.4 Å². The highest BCUT2D eigenvalue weighted by atomic mass is 19.1. The van der Waals surface area contributed by atoms with Gasteiger partial charge in [0.1, 0.15) is 11.6 Å². The van der Waals surface area contributed by atoms with Gasteiger partial charge in [-0.25, -0.2) is 8.78 Å². The number of amides is 1. The van der Waals surface area contributed by atoms with Crippen molar-refractivity contribution in [2.24, 2.45) is 11.8 Å². The maximum absolute atomic E-state index is 13.9. The van der Waals surface area contributed by atoms with Crippen molar-refractivity contribution in [3.8, 4) is 22.5 Å². The predicted molar refractivity (Wildman–Crippen MR) is 188 cm³/mol. The fourth-order valence-electron chi connectivity index (χ4n) is 7.17. The van der Waals surface area contributed by atoms with E-state index in [0.29, 0.717) is 36.7 Å². The zero-order chi connectivity index (χ0) is 36.7. The summed E-state index contributed by atoms with van der Waals surface area (Å²) in [7, 11) is 0. The Hall–Kier alpha value is -5.43. The van der Waals surface area contributed by atoms with E-state index >= 15 is 0 Å². The molecule has 2 aromatic heterocycles. The first-order chi connectivity index (χ1) is 24.9. The first-order valence-electron chi connectivity index (χ1n) is 17.4. The normalized spacial score (nSPS) is 18.2. The summed E-state index contributed by atoms with van der Waals surface area (Å²) >= 11 is 0. The van der Waals surface area contributed by atoms with Crippen molar-refractivity contribution in [1.29, 1.82) is 0 Å². The molecule has 0 bridgehead atoms. The van der Waals surface area contributed by atoms with Gasteiger partial charge < -0.3 is 30.1 Å². The lowest BCUT2D eigenvalue weighted by molar-refractivity contribution is -0.144. The number of anilines is 1. The number of nitrogen functional groups attached to an aromatic ring is 1. The van der Waals surface area contributed by atoms with Gasteiger partial charge in [0.25, 0.3) is 5.91 Å². The van der Waals surface area contributed by atoms with Crippen molar-refractivity contribution < 1.29 is 32.5 Å². The molecule has 1 amide bonds. The van der Waals surface area contributed by atoms with E-state index in [4.69, 9.17) is 14.8 Å². The number of rotatable bonds is 8. The third kappa shape index (κ3) is 7.05. The van der Waals surface area contributed by atoms with Crippen LogP contribution in [0.15, 0.2) is 69.7 Å². The van der Waals surface area contributed by atoms with Crippen molar-refractivity contribution in [1.82, 2.24) is 25.5 Å².